The highest BCUT2D eigenvalue weighted by Gasteiger charge is 2.26. The first-order chi connectivity index (χ1) is 11.5. The second kappa shape index (κ2) is 8.21. The maximum Gasteiger partial charge on any atom is 0.326 e. The Bertz CT molecular complexity index is 705. The number of carbonyl (C=O) groups is 2. The monoisotopic (exact) mass is 331 g/mol. The van der Waals surface area contributed by atoms with E-state index in [4.69, 9.17) is 4.74 Å². The molecular weight excluding hydrogens is 313 g/mol. The van der Waals surface area contributed by atoms with Gasteiger partial charge in [0, 0.05) is 13.5 Å². The third-order valence-corrected chi connectivity index (χ3v) is 3.52. The molecule has 2 aromatic carbocycles. The molecule has 0 saturated heterocycles. The third kappa shape index (κ3) is 4.63. The minimum absolute atomic E-state index is 0.0238. The van der Waals surface area contributed by atoms with Crippen molar-refractivity contribution in [1.29, 1.82) is 0 Å². The summed E-state index contributed by atoms with van der Waals surface area (Å²) in [5.41, 5.74) is 1.10. The number of nitrogens with one attached hydrogen (secondary N) is 1. The maximum absolute atomic E-state index is 13.2. The van der Waals surface area contributed by atoms with E-state index >= 15 is 0 Å². The highest BCUT2D eigenvalue weighted by molar-refractivity contribution is 5.87. The molecule has 0 bridgehead atoms. The van der Waals surface area contributed by atoms with E-state index in [0.29, 0.717) is 11.1 Å². The summed E-state index contributed by atoms with van der Waals surface area (Å²) < 4.78 is 18.4. The fourth-order valence-corrected chi connectivity index (χ4v) is 2.37. The van der Waals surface area contributed by atoms with Crippen LogP contribution in [0.2, 0.25) is 0 Å². The van der Waals surface area contributed by atoms with E-state index in [0.717, 1.165) is 0 Å². The van der Waals surface area contributed by atoms with Crippen LogP contribution in [0.25, 0.3) is 0 Å². The summed E-state index contributed by atoms with van der Waals surface area (Å²) >= 11 is 0. The summed E-state index contributed by atoms with van der Waals surface area (Å²) in [6, 6.07) is 13.2. The van der Waals surface area contributed by atoms with E-state index in [1.165, 1.54) is 25.3 Å². The Hall–Kier alpha value is -2.73. The quantitative estimate of drug-likeness (QED) is 0.816. The number of carboxylic acids is 1. The average Bonchev–Trinajstić information content (AvgIpc) is 2.56. The zero-order chi connectivity index (χ0) is 17.5. The molecule has 0 unspecified atom stereocenters. The molecule has 24 heavy (non-hydrogen) atoms. The second-order valence-corrected chi connectivity index (χ2v) is 5.26. The molecule has 2 atom stereocenters. The van der Waals surface area contributed by atoms with Gasteiger partial charge >= 0.3 is 5.97 Å². The molecule has 0 heterocycles. The first-order valence-electron chi connectivity index (χ1n) is 7.36. The molecule has 0 aliphatic carbocycles. The Labute approximate surface area is 139 Å². The number of amides is 1. The molecule has 1 amide bonds. The van der Waals surface area contributed by atoms with Crippen LogP contribution in [0.3, 0.4) is 0 Å². The topological polar surface area (TPSA) is 75.6 Å². The molecule has 0 spiro atoms. The van der Waals surface area contributed by atoms with E-state index < -0.39 is 29.8 Å². The van der Waals surface area contributed by atoms with Crippen molar-refractivity contribution in [2.75, 3.05) is 7.11 Å². The summed E-state index contributed by atoms with van der Waals surface area (Å²) in [6.07, 6.45) is -0.940. The van der Waals surface area contributed by atoms with E-state index in [1.54, 1.807) is 36.4 Å². The summed E-state index contributed by atoms with van der Waals surface area (Å²) in [6.45, 7) is 0. The van der Waals surface area contributed by atoms with E-state index in [-0.39, 0.29) is 6.42 Å². The number of methoxy groups -OCH3 is 1. The number of halogens is 1. The Kier molecular flexibility index (Phi) is 6.03. The van der Waals surface area contributed by atoms with Crippen molar-refractivity contribution in [1.82, 2.24) is 5.32 Å². The van der Waals surface area contributed by atoms with Crippen LogP contribution in [0.1, 0.15) is 17.2 Å². The Balaban J connectivity index is 2.11. The number of ether oxygens (including phenoxy) is 1. The number of hydrogen-bond acceptors (Lipinski definition) is 3. The van der Waals surface area contributed by atoms with Crippen molar-refractivity contribution >= 4 is 11.9 Å². The number of carbonyl (C=O) groups excluding carboxylic acids is 1. The number of benzene rings is 2. The van der Waals surface area contributed by atoms with Crippen molar-refractivity contribution in [2.45, 2.75) is 18.6 Å². The maximum atomic E-state index is 13.2. The zero-order valence-corrected chi connectivity index (χ0v) is 13.1. The van der Waals surface area contributed by atoms with Gasteiger partial charge in [-0.3, -0.25) is 4.79 Å². The molecule has 0 radical (unpaired) electrons. The Morgan fingerprint density at radius 2 is 1.88 bits per heavy atom. The van der Waals surface area contributed by atoms with Gasteiger partial charge in [-0.05, 0) is 23.3 Å². The van der Waals surface area contributed by atoms with Crippen molar-refractivity contribution in [3.8, 4) is 0 Å². The summed E-state index contributed by atoms with van der Waals surface area (Å²) in [5, 5.41) is 11.8. The zero-order valence-electron chi connectivity index (χ0n) is 13.1. The first kappa shape index (κ1) is 17.6. The summed E-state index contributed by atoms with van der Waals surface area (Å²) in [4.78, 5) is 23.8. The van der Waals surface area contributed by atoms with E-state index in [9.17, 15) is 19.1 Å². The highest BCUT2D eigenvalue weighted by Crippen LogP contribution is 2.17. The Morgan fingerprint density at radius 1 is 1.17 bits per heavy atom. The van der Waals surface area contributed by atoms with E-state index in [1.807, 2.05) is 0 Å². The molecule has 2 aromatic rings. The predicted molar refractivity (Wildman–Crippen MR) is 85.9 cm³/mol. The van der Waals surface area contributed by atoms with Gasteiger partial charge in [0.25, 0.3) is 5.91 Å². The molecule has 2 N–H and O–H groups in total. The van der Waals surface area contributed by atoms with Gasteiger partial charge in [0.1, 0.15) is 11.9 Å². The molecule has 0 aliphatic rings. The van der Waals surface area contributed by atoms with Gasteiger partial charge in [0.2, 0.25) is 0 Å². The molecule has 126 valence electrons. The molecular formula is C18H18FNO4. The fraction of sp³-hybridized carbons (Fsp3) is 0.222. The van der Waals surface area contributed by atoms with Crippen LogP contribution in [-0.2, 0) is 20.7 Å². The van der Waals surface area contributed by atoms with Gasteiger partial charge in [-0.2, -0.15) is 0 Å². The van der Waals surface area contributed by atoms with Gasteiger partial charge in [0.15, 0.2) is 6.10 Å². The molecule has 0 aliphatic heterocycles. The number of rotatable bonds is 7. The average molecular weight is 331 g/mol. The van der Waals surface area contributed by atoms with Gasteiger partial charge in [0.05, 0.1) is 0 Å². The minimum Gasteiger partial charge on any atom is -0.480 e. The smallest absolute Gasteiger partial charge is 0.326 e. The largest absolute Gasteiger partial charge is 0.480 e. The molecule has 0 saturated carbocycles. The van der Waals surface area contributed by atoms with Gasteiger partial charge < -0.3 is 15.2 Å². The van der Waals surface area contributed by atoms with Gasteiger partial charge in [-0.1, -0.05) is 42.5 Å². The van der Waals surface area contributed by atoms with Crippen molar-refractivity contribution in [3.05, 3.63) is 71.5 Å². The number of carboxylic acid groups (broad SMARTS) is 1. The van der Waals surface area contributed by atoms with Crippen LogP contribution >= 0.6 is 0 Å². The molecule has 0 fully saturated rings. The lowest BCUT2D eigenvalue weighted by molar-refractivity contribution is -0.144. The van der Waals surface area contributed by atoms with Gasteiger partial charge in [-0.25, -0.2) is 9.18 Å². The Morgan fingerprint density at radius 3 is 2.46 bits per heavy atom. The summed E-state index contributed by atoms with van der Waals surface area (Å²) in [7, 11) is 1.37. The second-order valence-electron chi connectivity index (χ2n) is 5.26. The number of aliphatic carboxylic acids is 1. The standard InChI is InChI=1S/C18H18FNO4/c1-24-16(13-7-3-2-4-8-13)17(21)20-15(18(22)23)11-12-6-5-9-14(19)10-12/h2-10,15-16H,11H2,1H3,(H,20,21)(H,22,23)/t15-,16+/m1/s1. The summed E-state index contributed by atoms with van der Waals surface area (Å²) in [5.74, 6) is -2.22. The fourth-order valence-electron chi connectivity index (χ4n) is 2.37. The normalized spacial score (nSPS) is 13.1. The van der Waals surface area contributed by atoms with E-state index in [2.05, 4.69) is 5.32 Å². The van der Waals surface area contributed by atoms with Crippen LogP contribution in [0, 0.1) is 5.82 Å². The SMILES string of the molecule is CO[C@H](C(=O)N[C@H](Cc1cccc(F)c1)C(=O)O)c1ccccc1. The van der Waals surface area contributed by atoms with Crippen LogP contribution in [0.4, 0.5) is 4.39 Å². The van der Waals surface area contributed by atoms with Gasteiger partial charge in [-0.15, -0.1) is 0 Å². The number of hydrogen-bond donors (Lipinski definition) is 2. The lowest BCUT2D eigenvalue weighted by atomic mass is 10.0. The minimum atomic E-state index is -1.20. The van der Waals surface area contributed by atoms with Crippen LogP contribution < -0.4 is 5.32 Å². The van der Waals surface area contributed by atoms with Crippen molar-refractivity contribution in [2.24, 2.45) is 0 Å². The molecule has 0 aromatic heterocycles. The lowest BCUT2D eigenvalue weighted by Crippen LogP contribution is -2.44. The first-order valence-corrected chi connectivity index (χ1v) is 7.36. The van der Waals surface area contributed by atoms with Crippen LogP contribution in [-0.4, -0.2) is 30.1 Å². The molecule has 6 heteroatoms. The molecule has 5 nitrogen and oxygen atoms in total. The van der Waals surface area contributed by atoms with Crippen LogP contribution in [0.15, 0.2) is 54.6 Å². The van der Waals surface area contributed by atoms with Crippen LogP contribution in [0.5, 0.6) is 0 Å². The highest BCUT2D eigenvalue weighted by atomic mass is 19.1. The molecule has 2 rings (SSSR count). The van der Waals surface area contributed by atoms with Crippen molar-refractivity contribution < 1.29 is 23.8 Å². The lowest BCUT2D eigenvalue weighted by Gasteiger charge is -2.20. The third-order valence-electron chi connectivity index (χ3n) is 3.52. The predicted octanol–water partition coefficient (Wildman–Crippen LogP) is 2.33. The van der Waals surface area contributed by atoms with Crippen molar-refractivity contribution in [3.63, 3.8) is 0 Å².